The molecule has 0 amide bonds. The van der Waals surface area contributed by atoms with E-state index < -0.39 is 28.7 Å². The number of nitro benzene ring substituents is 1. The minimum absolute atomic E-state index is 0.452. The van der Waals surface area contributed by atoms with E-state index in [-0.39, 0.29) is 0 Å². The Hall–Kier alpha value is -1.73. The first-order valence-corrected chi connectivity index (χ1v) is 3.56. The summed E-state index contributed by atoms with van der Waals surface area (Å²) >= 11 is 0. The van der Waals surface area contributed by atoms with Gasteiger partial charge in [-0.25, -0.2) is 0 Å². The van der Waals surface area contributed by atoms with E-state index in [4.69, 9.17) is 5.73 Å². The van der Waals surface area contributed by atoms with Crippen molar-refractivity contribution < 1.29 is 17.9 Å². The van der Waals surface area contributed by atoms with Gasteiger partial charge >= 0.3 is 6.98 Å². The van der Waals surface area contributed by atoms with Crippen LogP contribution in [0.1, 0.15) is 0 Å². The van der Waals surface area contributed by atoms with Crippen LogP contribution in [0.3, 0.4) is 0 Å². The van der Waals surface area contributed by atoms with Crippen LogP contribution in [0.2, 0.25) is 0 Å². The maximum absolute atomic E-state index is 12.2. The Labute approximate surface area is 76.7 Å². The van der Waals surface area contributed by atoms with E-state index in [9.17, 15) is 23.1 Å². The summed E-state index contributed by atoms with van der Waals surface area (Å²) < 4.78 is 36.6. The lowest BCUT2D eigenvalue weighted by atomic mass is 9.79. The Morgan fingerprint density at radius 3 is 2.29 bits per heavy atom. The molecule has 0 aliphatic carbocycles. The zero-order valence-electron chi connectivity index (χ0n) is 6.78. The normalized spacial score (nSPS) is 11.4. The van der Waals surface area contributed by atoms with Crippen molar-refractivity contribution in [2.75, 3.05) is 5.73 Å². The van der Waals surface area contributed by atoms with Gasteiger partial charge in [0, 0.05) is 17.8 Å². The molecule has 1 aromatic carbocycles. The van der Waals surface area contributed by atoms with Gasteiger partial charge in [0.1, 0.15) is 0 Å². The Bertz CT molecular complexity index is 380. The van der Waals surface area contributed by atoms with E-state index in [1.165, 1.54) is 0 Å². The Kier molecular flexibility index (Phi) is 2.37. The van der Waals surface area contributed by atoms with Gasteiger partial charge in [-0.05, 0) is 0 Å². The molecule has 8 heteroatoms. The molecule has 0 fully saturated rings. The zero-order chi connectivity index (χ0) is 10.9. The van der Waals surface area contributed by atoms with E-state index in [0.29, 0.717) is 12.1 Å². The van der Waals surface area contributed by atoms with Crippen molar-refractivity contribution in [1.29, 1.82) is 0 Å². The van der Waals surface area contributed by atoms with Crippen molar-refractivity contribution >= 4 is 23.8 Å². The standard InChI is InChI=1S/C6H5BF3N2O2/c8-7(9,10)5-2-1-4(12(13)14)3-6(5)11/h1-3H,11H2/q-1. The molecule has 76 valence electrons. The number of nitro groups is 1. The molecule has 0 aliphatic heterocycles. The summed E-state index contributed by atoms with van der Waals surface area (Å²) in [6.07, 6.45) is 0. The first-order chi connectivity index (χ1) is 6.32. The first-order valence-electron chi connectivity index (χ1n) is 3.56. The largest absolute Gasteiger partial charge is 0.511 e. The molecule has 0 unspecified atom stereocenters. The molecule has 0 heterocycles. The van der Waals surface area contributed by atoms with Crippen molar-refractivity contribution in [2.45, 2.75) is 0 Å². The summed E-state index contributed by atoms with van der Waals surface area (Å²) in [7, 11) is 0. The quantitative estimate of drug-likeness (QED) is 0.341. The summed E-state index contributed by atoms with van der Waals surface area (Å²) in [5.74, 6) is 0. The fraction of sp³-hybridized carbons (Fsp3) is 0. The number of nitrogen functional groups attached to an aromatic ring is 1. The zero-order valence-corrected chi connectivity index (χ0v) is 6.78. The van der Waals surface area contributed by atoms with E-state index >= 15 is 0 Å². The molecular formula is C6H5BF3N2O2-. The lowest BCUT2D eigenvalue weighted by Gasteiger charge is -2.16. The summed E-state index contributed by atoms with van der Waals surface area (Å²) in [4.78, 5) is 9.39. The highest BCUT2D eigenvalue weighted by Gasteiger charge is 2.28. The Morgan fingerprint density at radius 1 is 1.36 bits per heavy atom. The molecule has 0 bridgehead atoms. The molecule has 0 aliphatic rings. The topological polar surface area (TPSA) is 69.2 Å². The lowest BCUT2D eigenvalue weighted by molar-refractivity contribution is -0.384. The second-order valence-corrected chi connectivity index (χ2v) is 2.65. The maximum atomic E-state index is 12.2. The van der Waals surface area contributed by atoms with E-state index in [0.717, 1.165) is 6.07 Å². The fourth-order valence-corrected chi connectivity index (χ4v) is 0.974. The predicted octanol–water partition coefficient (Wildman–Crippen LogP) is 1.23. The molecule has 1 rings (SSSR count). The van der Waals surface area contributed by atoms with Crippen LogP contribution in [0.5, 0.6) is 0 Å². The third kappa shape index (κ3) is 1.95. The van der Waals surface area contributed by atoms with E-state index in [2.05, 4.69) is 0 Å². The second kappa shape index (κ2) is 3.20. The average molecular weight is 205 g/mol. The van der Waals surface area contributed by atoms with Crippen molar-refractivity contribution in [3.05, 3.63) is 28.3 Å². The molecule has 2 N–H and O–H groups in total. The SMILES string of the molecule is Nc1cc([N+](=O)[O-])ccc1[B-](F)(F)F. The van der Waals surface area contributed by atoms with Gasteiger partial charge in [0.25, 0.3) is 5.69 Å². The number of nitrogens with two attached hydrogens (primary N) is 1. The van der Waals surface area contributed by atoms with Gasteiger partial charge in [0.2, 0.25) is 0 Å². The fourth-order valence-electron chi connectivity index (χ4n) is 0.974. The summed E-state index contributed by atoms with van der Waals surface area (Å²) in [5.41, 5.74) is 2.96. The minimum Gasteiger partial charge on any atom is -0.445 e. The summed E-state index contributed by atoms with van der Waals surface area (Å²) in [5, 5.41) is 10.2. The van der Waals surface area contributed by atoms with Gasteiger partial charge in [-0.15, -0.1) is 0 Å². The first kappa shape index (κ1) is 10.4. The maximum Gasteiger partial charge on any atom is 0.511 e. The molecule has 0 saturated heterocycles. The van der Waals surface area contributed by atoms with Crippen LogP contribution in [-0.4, -0.2) is 11.9 Å². The third-order valence-corrected chi connectivity index (χ3v) is 1.63. The van der Waals surface area contributed by atoms with Crippen LogP contribution >= 0.6 is 0 Å². The molecule has 0 radical (unpaired) electrons. The number of rotatable bonds is 2. The van der Waals surface area contributed by atoms with Crippen LogP contribution < -0.4 is 11.2 Å². The molecule has 0 saturated carbocycles. The minimum atomic E-state index is -5.21. The van der Waals surface area contributed by atoms with Gasteiger partial charge in [-0.2, -0.15) is 0 Å². The van der Waals surface area contributed by atoms with Gasteiger partial charge in [-0.3, -0.25) is 10.1 Å². The molecule has 4 nitrogen and oxygen atoms in total. The molecule has 0 spiro atoms. The molecular weight excluding hydrogens is 200 g/mol. The van der Waals surface area contributed by atoms with Crippen LogP contribution in [0.4, 0.5) is 24.3 Å². The smallest absolute Gasteiger partial charge is 0.445 e. The van der Waals surface area contributed by atoms with Crippen molar-refractivity contribution in [1.82, 2.24) is 0 Å². The van der Waals surface area contributed by atoms with Crippen LogP contribution in [0.15, 0.2) is 18.2 Å². The molecule has 0 atom stereocenters. The number of anilines is 1. The highest BCUT2D eigenvalue weighted by atomic mass is 19.4. The molecule has 1 aromatic rings. The predicted molar refractivity (Wildman–Crippen MR) is 46.2 cm³/mol. The highest BCUT2D eigenvalue weighted by molar-refractivity contribution is 6.75. The van der Waals surface area contributed by atoms with Crippen molar-refractivity contribution in [3.63, 3.8) is 0 Å². The van der Waals surface area contributed by atoms with E-state index in [1.54, 1.807) is 0 Å². The summed E-state index contributed by atoms with van der Waals surface area (Å²) in [6, 6.07) is 2.10. The number of nitrogens with zero attached hydrogens (tertiary/aromatic N) is 1. The number of halogens is 3. The highest BCUT2D eigenvalue weighted by Crippen LogP contribution is 2.18. The van der Waals surface area contributed by atoms with Crippen molar-refractivity contribution in [2.24, 2.45) is 0 Å². The van der Waals surface area contributed by atoms with Crippen LogP contribution in [0.25, 0.3) is 0 Å². The monoisotopic (exact) mass is 205 g/mol. The number of hydrogen-bond acceptors (Lipinski definition) is 3. The molecule has 14 heavy (non-hydrogen) atoms. The Morgan fingerprint density at radius 2 is 1.93 bits per heavy atom. The number of hydrogen-bond donors (Lipinski definition) is 1. The van der Waals surface area contributed by atoms with E-state index in [1.807, 2.05) is 0 Å². The number of benzene rings is 1. The lowest BCUT2D eigenvalue weighted by Crippen LogP contribution is -2.36. The Balaban J connectivity index is 3.21. The second-order valence-electron chi connectivity index (χ2n) is 2.65. The van der Waals surface area contributed by atoms with Crippen LogP contribution in [-0.2, 0) is 0 Å². The van der Waals surface area contributed by atoms with Gasteiger partial charge in [0.05, 0.1) is 4.92 Å². The third-order valence-electron chi connectivity index (χ3n) is 1.63. The molecule has 0 aromatic heterocycles. The number of non-ortho nitro benzene ring substituents is 1. The van der Waals surface area contributed by atoms with Gasteiger partial charge in [-0.1, -0.05) is 11.5 Å². The average Bonchev–Trinajstić information content (AvgIpc) is 2.01. The van der Waals surface area contributed by atoms with Gasteiger partial charge < -0.3 is 18.7 Å². The van der Waals surface area contributed by atoms with Gasteiger partial charge in [0.15, 0.2) is 0 Å². The summed E-state index contributed by atoms with van der Waals surface area (Å²) in [6.45, 7) is -5.21. The van der Waals surface area contributed by atoms with Crippen molar-refractivity contribution in [3.8, 4) is 0 Å². The van der Waals surface area contributed by atoms with Crippen LogP contribution in [0, 0.1) is 10.1 Å².